The number of aryl methyl sites for hydroxylation is 2. The number of aromatic nitrogens is 2. The molecule has 0 spiro atoms. The third-order valence-corrected chi connectivity index (χ3v) is 6.97. The van der Waals surface area contributed by atoms with Gasteiger partial charge in [-0.2, -0.15) is 13.2 Å². The quantitative estimate of drug-likeness (QED) is 0.345. The van der Waals surface area contributed by atoms with Crippen LogP contribution in [-0.4, -0.2) is 27.3 Å². The van der Waals surface area contributed by atoms with Gasteiger partial charge >= 0.3 is 6.18 Å². The van der Waals surface area contributed by atoms with Crippen molar-refractivity contribution < 1.29 is 18.0 Å². The number of nitrogens with zero attached hydrogens (tertiary/aromatic N) is 2. The summed E-state index contributed by atoms with van der Waals surface area (Å²) in [5, 5.41) is 0. The van der Waals surface area contributed by atoms with Crippen molar-refractivity contribution in [3.63, 3.8) is 0 Å². The van der Waals surface area contributed by atoms with E-state index >= 15 is 0 Å². The smallest absolute Gasteiger partial charge is 0.340 e. The number of alkyl halides is 3. The normalized spacial score (nSPS) is 18.4. The van der Waals surface area contributed by atoms with E-state index in [4.69, 9.17) is 0 Å². The zero-order valence-corrected chi connectivity index (χ0v) is 19.8. The molecule has 35 heavy (non-hydrogen) atoms. The number of carbonyl (C=O) groups excluding carboxylic acids is 1. The number of amides is 1. The summed E-state index contributed by atoms with van der Waals surface area (Å²) >= 11 is 0. The van der Waals surface area contributed by atoms with Crippen molar-refractivity contribution >= 4 is 16.9 Å². The fraction of sp³-hybridized carbons (Fsp3) is 0.286. The third kappa shape index (κ3) is 4.09. The second-order valence-electron chi connectivity index (χ2n) is 9.56. The molecule has 7 heteroatoms. The molecule has 4 aromatic rings. The Kier molecular flexibility index (Phi) is 5.46. The molecular formula is C28H26F3N3O. The third-order valence-electron chi connectivity index (χ3n) is 6.97. The average molecular weight is 478 g/mol. The average Bonchev–Trinajstić information content (AvgIpc) is 3.43. The minimum absolute atomic E-state index is 0.110. The van der Waals surface area contributed by atoms with Crippen LogP contribution < -0.4 is 0 Å². The van der Waals surface area contributed by atoms with Crippen LogP contribution in [0.4, 0.5) is 13.2 Å². The van der Waals surface area contributed by atoms with Crippen LogP contribution in [0.15, 0.2) is 60.7 Å². The number of nitrogens with one attached hydrogen (secondary N) is 1. The van der Waals surface area contributed by atoms with E-state index in [9.17, 15) is 18.0 Å². The summed E-state index contributed by atoms with van der Waals surface area (Å²) in [6.07, 6.45) is -2.99. The Labute approximate surface area is 201 Å². The molecule has 0 saturated carbocycles. The van der Waals surface area contributed by atoms with Gasteiger partial charge in [-0.1, -0.05) is 47.5 Å². The van der Waals surface area contributed by atoms with Crippen molar-refractivity contribution in [1.82, 2.24) is 14.9 Å². The van der Waals surface area contributed by atoms with Gasteiger partial charge in [-0.25, -0.2) is 4.98 Å². The first kappa shape index (κ1) is 23.1. The molecular weight excluding hydrogens is 451 g/mol. The minimum Gasteiger partial charge on any atom is -0.340 e. The summed E-state index contributed by atoms with van der Waals surface area (Å²) in [5.41, 5.74) is 3.81. The van der Waals surface area contributed by atoms with Crippen LogP contribution in [0.2, 0.25) is 0 Å². The van der Waals surface area contributed by atoms with Gasteiger partial charge in [-0.15, -0.1) is 0 Å². The van der Waals surface area contributed by atoms with Crippen molar-refractivity contribution in [3.8, 4) is 11.1 Å². The van der Waals surface area contributed by atoms with E-state index in [2.05, 4.69) is 9.97 Å². The van der Waals surface area contributed by atoms with Crippen molar-refractivity contribution in [2.45, 2.75) is 45.3 Å². The maximum Gasteiger partial charge on any atom is 0.416 e. The van der Waals surface area contributed by atoms with Gasteiger partial charge in [0.15, 0.2) is 0 Å². The number of hydrogen-bond acceptors (Lipinski definition) is 2. The maximum atomic E-state index is 14.0. The SMILES string of the molecule is Cc1ccc(-c2ccc(C)cc2C(=O)N2CCCC2(C)c2nc3ccc(C(F)(F)F)cc3[nH]2)cc1. The van der Waals surface area contributed by atoms with Crippen LogP contribution in [0.3, 0.4) is 0 Å². The number of halogens is 3. The van der Waals surface area contributed by atoms with Crippen LogP contribution in [0, 0.1) is 13.8 Å². The number of carbonyl (C=O) groups is 1. The fourth-order valence-electron chi connectivity index (χ4n) is 4.94. The number of aromatic amines is 1. The number of likely N-dealkylation sites (tertiary alicyclic amines) is 1. The lowest BCUT2D eigenvalue weighted by atomic mass is 9.93. The summed E-state index contributed by atoms with van der Waals surface area (Å²) in [5.74, 6) is 0.392. The van der Waals surface area contributed by atoms with Gasteiger partial charge in [-0.05, 0) is 69.0 Å². The second kappa shape index (κ2) is 8.26. The van der Waals surface area contributed by atoms with E-state index < -0.39 is 17.3 Å². The predicted molar refractivity (Wildman–Crippen MR) is 130 cm³/mol. The van der Waals surface area contributed by atoms with E-state index in [0.717, 1.165) is 40.8 Å². The monoisotopic (exact) mass is 477 g/mol. The van der Waals surface area contributed by atoms with Crippen LogP contribution in [-0.2, 0) is 11.7 Å². The highest BCUT2D eigenvalue weighted by molar-refractivity contribution is 6.01. The number of H-pyrrole nitrogens is 1. The molecule has 1 fully saturated rings. The lowest BCUT2D eigenvalue weighted by Gasteiger charge is -2.34. The lowest BCUT2D eigenvalue weighted by molar-refractivity contribution is -0.137. The molecule has 2 heterocycles. The first-order valence-electron chi connectivity index (χ1n) is 11.6. The number of rotatable bonds is 3. The molecule has 0 bridgehead atoms. The first-order chi connectivity index (χ1) is 16.6. The molecule has 4 nitrogen and oxygen atoms in total. The van der Waals surface area contributed by atoms with Gasteiger partial charge in [-0.3, -0.25) is 4.79 Å². The Hall–Kier alpha value is -3.61. The summed E-state index contributed by atoms with van der Waals surface area (Å²) in [4.78, 5) is 23.5. The standard InChI is InChI=1S/C28H26F3N3O/c1-17-5-8-19(9-6-17)21-11-7-18(2)15-22(21)25(35)34-14-4-13-27(34,3)26-32-23-12-10-20(28(29,30)31)16-24(23)33-26/h5-12,15-16H,4,13-14H2,1-3H3,(H,32,33). The van der Waals surface area contributed by atoms with Crippen LogP contribution >= 0.6 is 0 Å². The number of benzene rings is 3. The van der Waals surface area contributed by atoms with Gasteiger partial charge in [0, 0.05) is 12.1 Å². The van der Waals surface area contributed by atoms with Gasteiger partial charge in [0.2, 0.25) is 0 Å². The van der Waals surface area contributed by atoms with E-state index in [1.165, 1.54) is 6.07 Å². The summed E-state index contributed by atoms with van der Waals surface area (Å²) in [6, 6.07) is 17.4. The highest BCUT2D eigenvalue weighted by Gasteiger charge is 2.44. The molecule has 1 aliphatic rings. The lowest BCUT2D eigenvalue weighted by Crippen LogP contribution is -2.43. The molecule has 3 aromatic carbocycles. The van der Waals surface area contributed by atoms with Crippen LogP contribution in [0.25, 0.3) is 22.2 Å². The molecule has 1 unspecified atom stereocenters. The molecule has 1 amide bonds. The zero-order chi connectivity index (χ0) is 25.0. The van der Waals surface area contributed by atoms with Crippen molar-refractivity contribution in [1.29, 1.82) is 0 Å². The van der Waals surface area contributed by atoms with Gasteiger partial charge < -0.3 is 9.88 Å². The molecule has 1 aliphatic heterocycles. The Morgan fingerprint density at radius 3 is 2.43 bits per heavy atom. The molecule has 1 N–H and O–H groups in total. The van der Waals surface area contributed by atoms with E-state index in [-0.39, 0.29) is 5.91 Å². The van der Waals surface area contributed by atoms with Crippen molar-refractivity contribution in [2.24, 2.45) is 0 Å². The van der Waals surface area contributed by atoms with Crippen LogP contribution in [0.5, 0.6) is 0 Å². The number of fused-ring (bicyclic) bond motifs is 1. The van der Waals surface area contributed by atoms with Crippen molar-refractivity contribution in [2.75, 3.05) is 6.54 Å². The fourth-order valence-corrected chi connectivity index (χ4v) is 4.94. The largest absolute Gasteiger partial charge is 0.416 e. The van der Waals surface area contributed by atoms with Gasteiger partial charge in [0.05, 0.1) is 22.1 Å². The number of hydrogen-bond donors (Lipinski definition) is 1. The highest BCUT2D eigenvalue weighted by atomic mass is 19.4. The Balaban J connectivity index is 1.55. The molecule has 0 aliphatic carbocycles. The van der Waals surface area contributed by atoms with E-state index in [1.54, 1.807) is 0 Å². The first-order valence-corrected chi connectivity index (χ1v) is 11.6. The topological polar surface area (TPSA) is 49.0 Å². The van der Waals surface area contributed by atoms with E-state index in [0.29, 0.717) is 35.4 Å². The Morgan fingerprint density at radius 2 is 1.71 bits per heavy atom. The molecule has 1 atom stereocenters. The zero-order valence-electron chi connectivity index (χ0n) is 19.8. The second-order valence-corrected chi connectivity index (χ2v) is 9.56. The van der Waals surface area contributed by atoms with Crippen LogP contribution in [0.1, 0.15) is 52.6 Å². The Bertz CT molecular complexity index is 1420. The molecule has 1 saturated heterocycles. The number of imidazole rings is 1. The minimum atomic E-state index is -4.43. The van der Waals surface area contributed by atoms with Gasteiger partial charge in [0.25, 0.3) is 5.91 Å². The maximum absolute atomic E-state index is 14.0. The van der Waals surface area contributed by atoms with Gasteiger partial charge in [0.1, 0.15) is 5.82 Å². The Morgan fingerprint density at radius 1 is 1.00 bits per heavy atom. The molecule has 0 radical (unpaired) electrons. The summed E-state index contributed by atoms with van der Waals surface area (Å²) < 4.78 is 39.6. The summed E-state index contributed by atoms with van der Waals surface area (Å²) in [7, 11) is 0. The molecule has 180 valence electrons. The predicted octanol–water partition coefficient (Wildman–Crippen LogP) is 7.02. The molecule has 1 aromatic heterocycles. The summed E-state index contributed by atoms with van der Waals surface area (Å²) in [6.45, 7) is 6.45. The van der Waals surface area contributed by atoms with E-state index in [1.807, 2.05) is 68.1 Å². The highest BCUT2D eigenvalue weighted by Crippen LogP contribution is 2.40. The van der Waals surface area contributed by atoms with Crippen molar-refractivity contribution in [3.05, 3.63) is 88.7 Å². The molecule has 5 rings (SSSR count).